The first-order valence-corrected chi connectivity index (χ1v) is 19.4. The molecule has 234 valence electrons. The van der Waals surface area contributed by atoms with Crippen LogP contribution in [0.25, 0.3) is 0 Å². The second kappa shape index (κ2) is 18.6. The Balaban J connectivity index is 1.81. The van der Waals surface area contributed by atoms with Crippen molar-refractivity contribution < 1.29 is 34.2 Å². The molecule has 2 fully saturated rings. The van der Waals surface area contributed by atoms with Gasteiger partial charge in [0, 0.05) is 59.8 Å². The number of Topliss-reactive ketones (excluding diaryl/α,β-unsaturated/α-hetero) is 1. The lowest BCUT2D eigenvalue weighted by atomic mass is 10.0. The molecule has 0 bridgehead atoms. The van der Waals surface area contributed by atoms with Crippen molar-refractivity contribution in [2.75, 3.05) is 30.3 Å². The monoisotopic (exact) mass is 650 g/mol. The number of carboxylic acids is 2. The van der Waals surface area contributed by atoms with Crippen molar-refractivity contribution in [2.45, 2.75) is 96.4 Å². The van der Waals surface area contributed by atoms with Crippen LogP contribution < -0.4 is 0 Å². The highest BCUT2D eigenvalue weighted by Gasteiger charge is 2.37. The fourth-order valence-electron chi connectivity index (χ4n) is 4.91. The quantitative estimate of drug-likeness (QED) is 0.139. The summed E-state index contributed by atoms with van der Waals surface area (Å²) in [6.07, 6.45) is 5.77. The smallest absolute Gasteiger partial charge is 0.326 e. The first-order valence-electron chi connectivity index (χ1n) is 14.6. The Morgan fingerprint density at radius 3 is 1.71 bits per heavy atom. The molecule has 0 aromatic rings. The van der Waals surface area contributed by atoms with Crippen LogP contribution in [0.3, 0.4) is 0 Å². The van der Waals surface area contributed by atoms with Gasteiger partial charge in [-0.3, -0.25) is 14.4 Å². The number of amides is 2. The summed E-state index contributed by atoms with van der Waals surface area (Å²) in [6.45, 7) is 8.56. The molecule has 2 N–H and O–H groups in total. The van der Waals surface area contributed by atoms with E-state index in [1.165, 1.54) is 9.80 Å². The molecule has 0 saturated carbocycles. The lowest BCUT2D eigenvalue weighted by molar-refractivity contribution is -0.149. The molecule has 2 saturated heterocycles. The summed E-state index contributed by atoms with van der Waals surface area (Å²) >= 11 is 0. The number of carbonyl (C=O) groups is 5. The van der Waals surface area contributed by atoms with Crippen LogP contribution in [0.4, 0.5) is 0 Å². The summed E-state index contributed by atoms with van der Waals surface area (Å²) < 4.78 is 0. The first kappa shape index (κ1) is 36.1. The molecule has 0 radical (unpaired) electrons. The lowest BCUT2D eigenvalue weighted by Crippen LogP contribution is -2.43. The molecule has 0 aromatic carbocycles. The van der Waals surface area contributed by atoms with Crippen LogP contribution in [-0.4, -0.2) is 97.2 Å². The molecular weight excluding hydrogens is 605 g/mol. The van der Waals surface area contributed by atoms with Gasteiger partial charge in [-0.05, 0) is 38.5 Å². The maximum Gasteiger partial charge on any atom is 0.326 e. The maximum atomic E-state index is 12.9. The number of likely N-dealkylation sites (tertiary alicyclic amines) is 2. The van der Waals surface area contributed by atoms with Crippen molar-refractivity contribution in [2.24, 2.45) is 17.8 Å². The van der Waals surface area contributed by atoms with Crippen LogP contribution in [0.2, 0.25) is 0 Å². The fraction of sp³-hybridized carbons (Fsp3) is 0.821. The molecule has 5 unspecified atom stereocenters. The van der Waals surface area contributed by atoms with E-state index in [1.807, 2.05) is 27.7 Å². The topological polar surface area (TPSA) is 132 Å². The van der Waals surface area contributed by atoms with Gasteiger partial charge >= 0.3 is 11.9 Å². The molecule has 5 atom stereocenters. The van der Waals surface area contributed by atoms with Gasteiger partial charge in [0.25, 0.3) is 0 Å². The van der Waals surface area contributed by atoms with Crippen LogP contribution in [0.15, 0.2) is 0 Å². The average Bonchev–Trinajstić information content (AvgIpc) is 3.62. The van der Waals surface area contributed by atoms with Crippen molar-refractivity contribution in [3.8, 4) is 0 Å². The predicted octanol–water partition coefficient (Wildman–Crippen LogP) is 5.33. The summed E-state index contributed by atoms with van der Waals surface area (Å²) in [5, 5.41) is 19.1. The minimum atomic E-state index is -0.936. The van der Waals surface area contributed by atoms with Crippen LogP contribution in [-0.2, 0) is 24.0 Å². The van der Waals surface area contributed by atoms with E-state index in [1.54, 1.807) is 43.2 Å². The van der Waals surface area contributed by atoms with Crippen LogP contribution in [0, 0.1) is 17.8 Å². The van der Waals surface area contributed by atoms with Crippen molar-refractivity contribution in [1.82, 2.24) is 9.80 Å². The second-order valence-electron chi connectivity index (χ2n) is 11.3. The highest BCUT2D eigenvalue weighted by molar-refractivity contribution is 8.78. The van der Waals surface area contributed by atoms with Gasteiger partial charge in [-0.15, -0.1) is 0 Å². The van der Waals surface area contributed by atoms with Crippen molar-refractivity contribution in [3.63, 3.8) is 0 Å². The molecule has 41 heavy (non-hydrogen) atoms. The van der Waals surface area contributed by atoms with E-state index in [-0.39, 0.29) is 35.4 Å². The SMILES string of the molecule is CC(C)C(=O)CCCCC(CSSCC(C)C(=O)N1CCCC1C(=O)O)SSCC(C)C(=O)N1CCCC1C(=O)O. The number of hydrogen-bond donors (Lipinski definition) is 2. The Bertz CT molecular complexity index is 907. The second-order valence-corrected chi connectivity index (χ2v) is 16.6. The fourth-order valence-corrected chi connectivity index (χ4v) is 11.2. The van der Waals surface area contributed by atoms with E-state index < -0.39 is 24.0 Å². The molecule has 2 rings (SSSR count). The van der Waals surface area contributed by atoms with E-state index in [2.05, 4.69) is 0 Å². The standard InChI is InChI=1S/C28H46N2O7S4/c1-18(2)24(31)12-6-5-9-21(41-40-16-20(4)26(33)30-14-8-11-23(30)28(36)37)17-39-38-15-19(3)25(32)29-13-7-10-22(29)27(34)35/h18-23H,5-17H2,1-4H3,(H,34,35)(H,36,37). The predicted molar refractivity (Wildman–Crippen MR) is 170 cm³/mol. The van der Waals surface area contributed by atoms with Crippen molar-refractivity contribution in [3.05, 3.63) is 0 Å². The van der Waals surface area contributed by atoms with Gasteiger partial charge in [0.15, 0.2) is 0 Å². The summed E-state index contributed by atoms with van der Waals surface area (Å²) in [5.41, 5.74) is 0. The van der Waals surface area contributed by atoms with Gasteiger partial charge in [-0.1, -0.05) is 77.3 Å². The zero-order valence-corrected chi connectivity index (χ0v) is 27.9. The highest BCUT2D eigenvalue weighted by atomic mass is 33.1. The zero-order chi connectivity index (χ0) is 30.5. The van der Waals surface area contributed by atoms with E-state index >= 15 is 0 Å². The van der Waals surface area contributed by atoms with Crippen LogP contribution in [0.1, 0.15) is 79.1 Å². The Hall–Kier alpha value is -1.05. The Kier molecular flexibility index (Phi) is 16.4. The third-order valence-corrected chi connectivity index (χ3v) is 13.5. The van der Waals surface area contributed by atoms with Crippen LogP contribution in [0.5, 0.6) is 0 Å². The zero-order valence-electron chi connectivity index (χ0n) is 24.6. The number of unbranched alkanes of at least 4 members (excludes halogenated alkanes) is 1. The average molecular weight is 651 g/mol. The number of aliphatic carboxylic acids is 2. The van der Waals surface area contributed by atoms with Gasteiger partial charge in [0.05, 0.1) is 0 Å². The molecule has 2 aliphatic rings. The summed E-state index contributed by atoms with van der Waals surface area (Å²) in [4.78, 5) is 63.7. The third kappa shape index (κ3) is 11.9. The number of hydrogen-bond acceptors (Lipinski definition) is 9. The Morgan fingerprint density at radius 2 is 1.22 bits per heavy atom. The lowest BCUT2D eigenvalue weighted by Gasteiger charge is -2.25. The third-order valence-electron chi connectivity index (χ3n) is 7.51. The molecule has 2 aliphatic heterocycles. The largest absolute Gasteiger partial charge is 0.480 e. The number of rotatable bonds is 19. The Labute approximate surface area is 260 Å². The first-order chi connectivity index (χ1) is 19.4. The van der Waals surface area contributed by atoms with Crippen molar-refractivity contribution >= 4 is 72.7 Å². The molecule has 2 heterocycles. The van der Waals surface area contributed by atoms with E-state index in [0.717, 1.165) is 37.9 Å². The van der Waals surface area contributed by atoms with Gasteiger partial charge in [0.2, 0.25) is 11.8 Å². The normalized spacial score (nSPS) is 21.2. The molecule has 0 aliphatic carbocycles. The number of nitrogens with zero attached hydrogens (tertiary/aromatic N) is 2. The molecule has 0 spiro atoms. The van der Waals surface area contributed by atoms with Gasteiger partial charge in [0.1, 0.15) is 17.9 Å². The van der Waals surface area contributed by atoms with E-state index in [9.17, 15) is 34.2 Å². The maximum absolute atomic E-state index is 12.9. The van der Waals surface area contributed by atoms with Gasteiger partial charge in [-0.25, -0.2) is 9.59 Å². The van der Waals surface area contributed by atoms with Gasteiger partial charge in [-0.2, -0.15) is 0 Å². The van der Waals surface area contributed by atoms with Crippen molar-refractivity contribution in [1.29, 1.82) is 0 Å². The summed E-state index contributed by atoms with van der Waals surface area (Å²) in [7, 11) is 6.71. The minimum absolute atomic E-state index is 0.0501. The number of carboxylic acid groups (broad SMARTS) is 2. The van der Waals surface area contributed by atoms with E-state index in [4.69, 9.17) is 0 Å². The Morgan fingerprint density at radius 1 is 0.732 bits per heavy atom. The number of ketones is 1. The van der Waals surface area contributed by atoms with Crippen LogP contribution >= 0.6 is 43.2 Å². The highest BCUT2D eigenvalue weighted by Crippen LogP contribution is 2.37. The minimum Gasteiger partial charge on any atom is -0.480 e. The van der Waals surface area contributed by atoms with Gasteiger partial charge < -0.3 is 20.0 Å². The van der Waals surface area contributed by atoms with E-state index in [0.29, 0.717) is 49.1 Å². The molecule has 9 nitrogen and oxygen atoms in total. The molecule has 2 amide bonds. The summed E-state index contributed by atoms with van der Waals surface area (Å²) in [5.74, 6) is -0.224. The number of carbonyl (C=O) groups excluding carboxylic acids is 3. The molecular formula is C28H46N2O7S4. The molecule has 0 aromatic heterocycles. The molecule has 13 heteroatoms. The summed E-state index contributed by atoms with van der Waals surface area (Å²) in [6, 6.07) is -1.43.